The third-order valence-corrected chi connectivity index (χ3v) is 3.36. The fourth-order valence-electron chi connectivity index (χ4n) is 2.17. The van der Waals surface area contributed by atoms with E-state index in [1.807, 2.05) is 0 Å². The van der Waals surface area contributed by atoms with Crippen LogP contribution in [0.25, 0.3) is 10.9 Å². The van der Waals surface area contributed by atoms with Crippen LogP contribution in [0.5, 0.6) is 0 Å². The summed E-state index contributed by atoms with van der Waals surface area (Å²) >= 11 is 0. The van der Waals surface area contributed by atoms with Crippen LogP contribution in [0, 0.1) is 10.1 Å². The summed E-state index contributed by atoms with van der Waals surface area (Å²) in [5, 5.41) is 14.8. The first-order chi connectivity index (χ1) is 10.2. The molecule has 1 aromatic carbocycles. The van der Waals surface area contributed by atoms with Gasteiger partial charge in [0.25, 0.3) is 5.69 Å². The maximum Gasteiger partial charge on any atom is 0.270 e. The Kier molecular flexibility index (Phi) is 4.99. The fraction of sp³-hybridized carbons (Fsp3) is 0.429. The van der Waals surface area contributed by atoms with Gasteiger partial charge in [-0.05, 0) is 12.5 Å². The lowest BCUT2D eigenvalue weighted by molar-refractivity contribution is -0.384. The largest absolute Gasteiger partial charge is 0.365 e. The molecule has 0 saturated carbocycles. The second-order valence-corrected chi connectivity index (χ2v) is 4.90. The molecular weight excluding hydrogens is 270 g/mol. The predicted molar refractivity (Wildman–Crippen MR) is 82.2 cm³/mol. The Hall–Kier alpha value is -2.28. The second kappa shape index (κ2) is 6.94. The fourth-order valence-corrected chi connectivity index (χ4v) is 2.17. The van der Waals surface area contributed by atoms with Crippen LogP contribution in [0.2, 0.25) is 0 Å². The number of nitrogens with one attached hydrogen (secondary N) is 1. The number of unbranched alkanes of at least 4 members (excludes halogenated alkanes) is 1. The Bertz CT molecular complexity index is 632. The van der Waals surface area contributed by atoms with E-state index in [1.54, 1.807) is 6.07 Å². The lowest BCUT2D eigenvalue weighted by atomic mass is 10.1. The lowest BCUT2D eigenvalue weighted by Gasteiger charge is -2.18. The molecule has 0 aliphatic carbocycles. The summed E-state index contributed by atoms with van der Waals surface area (Å²) in [6.45, 7) is 2.61. The molecule has 3 N–H and O–H groups in total. The monoisotopic (exact) mass is 289 g/mol. The zero-order valence-electron chi connectivity index (χ0n) is 12.0. The topological polar surface area (TPSA) is 107 Å². The van der Waals surface area contributed by atoms with E-state index in [4.69, 9.17) is 5.73 Å². The highest BCUT2D eigenvalue weighted by Crippen LogP contribution is 2.25. The average Bonchev–Trinajstić information content (AvgIpc) is 2.50. The zero-order chi connectivity index (χ0) is 15.2. The highest BCUT2D eigenvalue weighted by molar-refractivity contribution is 5.90. The summed E-state index contributed by atoms with van der Waals surface area (Å²) < 4.78 is 0. The number of aromatic nitrogens is 2. The molecule has 0 amide bonds. The van der Waals surface area contributed by atoms with E-state index in [9.17, 15) is 10.1 Å². The molecule has 1 aromatic heterocycles. The molecular formula is C14H19N5O2. The van der Waals surface area contributed by atoms with E-state index in [1.165, 1.54) is 18.5 Å². The maximum atomic E-state index is 10.9. The van der Waals surface area contributed by atoms with Gasteiger partial charge in [-0.3, -0.25) is 10.1 Å². The second-order valence-electron chi connectivity index (χ2n) is 4.90. The molecule has 112 valence electrons. The first-order valence-electron chi connectivity index (χ1n) is 7.01. The van der Waals surface area contributed by atoms with E-state index >= 15 is 0 Å². The van der Waals surface area contributed by atoms with Crippen molar-refractivity contribution < 1.29 is 4.92 Å². The molecule has 2 aromatic rings. The molecule has 0 bridgehead atoms. The molecule has 1 atom stereocenters. The van der Waals surface area contributed by atoms with Crippen molar-refractivity contribution in [2.75, 3.05) is 11.9 Å². The summed E-state index contributed by atoms with van der Waals surface area (Å²) in [6.07, 6.45) is 4.55. The van der Waals surface area contributed by atoms with Crippen LogP contribution in [0.3, 0.4) is 0 Å². The van der Waals surface area contributed by atoms with E-state index < -0.39 is 4.92 Å². The number of anilines is 1. The van der Waals surface area contributed by atoms with Gasteiger partial charge >= 0.3 is 0 Å². The molecule has 0 aliphatic rings. The first kappa shape index (κ1) is 15.1. The van der Waals surface area contributed by atoms with Crippen molar-refractivity contribution in [3.05, 3.63) is 34.6 Å². The van der Waals surface area contributed by atoms with Gasteiger partial charge in [0.1, 0.15) is 12.1 Å². The van der Waals surface area contributed by atoms with Gasteiger partial charge in [0.2, 0.25) is 0 Å². The summed E-state index contributed by atoms with van der Waals surface area (Å²) in [5.41, 5.74) is 6.47. The summed E-state index contributed by atoms with van der Waals surface area (Å²) in [7, 11) is 0. The Balaban J connectivity index is 2.33. The van der Waals surface area contributed by atoms with Gasteiger partial charge in [0, 0.05) is 30.1 Å². The Labute approximate surface area is 122 Å². The van der Waals surface area contributed by atoms with Gasteiger partial charge in [-0.15, -0.1) is 0 Å². The van der Waals surface area contributed by atoms with Crippen molar-refractivity contribution in [3.8, 4) is 0 Å². The van der Waals surface area contributed by atoms with E-state index in [0.29, 0.717) is 23.3 Å². The standard InChI is InChI=1S/C14H19N5O2/c1-2-3-4-10(8-15)18-14-12-7-11(19(20)21)5-6-13(12)16-9-17-14/h5-7,9-10H,2-4,8,15H2,1H3,(H,16,17,18). The van der Waals surface area contributed by atoms with Crippen molar-refractivity contribution in [1.29, 1.82) is 0 Å². The van der Waals surface area contributed by atoms with Crippen LogP contribution in [0.1, 0.15) is 26.2 Å². The third-order valence-electron chi connectivity index (χ3n) is 3.36. The minimum absolute atomic E-state index is 0.0261. The number of fused-ring (bicyclic) bond motifs is 1. The molecule has 0 fully saturated rings. The van der Waals surface area contributed by atoms with Gasteiger partial charge in [0.05, 0.1) is 10.4 Å². The Morgan fingerprint density at radius 1 is 1.43 bits per heavy atom. The number of nitrogens with zero attached hydrogens (tertiary/aromatic N) is 3. The van der Waals surface area contributed by atoms with Gasteiger partial charge in [-0.1, -0.05) is 19.8 Å². The molecule has 7 heteroatoms. The van der Waals surface area contributed by atoms with E-state index in [2.05, 4.69) is 22.2 Å². The van der Waals surface area contributed by atoms with Crippen molar-refractivity contribution >= 4 is 22.4 Å². The van der Waals surface area contributed by atoms with Crippen LogP contribution in [0.4, 0.5) is 11.5 Å². The van der Waals surface area contributed by atoms with E-state index in [-0.39, 0.29) is 11.7 Å². The average molecular weight is 289 g/mol. The minimum Gasteiger partial charge on any atom is -0.365 e. The number of benzene rings is 1. The maximum absolute atomic E-state index is 10.9. The number of rotatable bonds is 7. The molecule has 0 radical (unpaired) electrons. The smallest absolute Gasteiger partial charge is 0.270 e. The number of nitro benzene ring substituents is 1. The molecule has 0 spiro atoms. The quantitative estimate of drug-likeness (QED) is 0.599. The predicted octanol–water partition coefficient (Wildman–Crippen LogP) is 2.47. The number of non-ortho nitro benzene ring substituents is 1. The molecule has 1 unspecified atom stereocenters. The number of hydrogen-bond donors (Lipinski definition) is 2. The van der Waals surface area contributed by atoms with Gasteiger partial charge in [-0.25, -0.2) is 9.97 Å². The lowest BCUT2D eigenvalue weighted by Crippen LogP contribution is -2.29. The summed E-state index contributed by atoms with van der Waals surface area (Å²) in [6, 6.07) is 4.66. The normalized spacial score (nSPS) is 12.3. The zero-order valence-corrected chi connectivity index (χ0v) is 12.0. The number of nitro groups is 1. The molecule has 2 rings (SSSR count). The molecule has 21 heavy (non-hydrogen) atoms. The SMILES string of the molecule is CCCCC(CN)Nc1ncnc2ccc([N+](=O)[O-])cc12. The van der Waals surface area contributed by atoms with Gasteiger partial charge < -0.3 is 11.1 Å². The van der Waals surface area contributed by atoms with Crippen LogP contribution < -0.4 is 11.1 Å². The summed E-state index contributed by atoms with van der Waals surface area (Å²) in [4.78, 5) is 18.8. The first-order valence-corrected chi connectivity index (χ1v) is 7.01. The van der Waals surface area contributed by atoms with E-state index in [0.717, 1.165) is 19.3 Å². The van der Waals surface area contributed by atoms with Crippen molar-refractivity contribution in [3.63, 3.8) is 0 Å². The van der Waals surface area contributed by atoms with Gasteiger partial charge in [0.15, 0.2) is 0 Å². The molecule has 0 aliphatic heterocycles. The van der Waals surface area contributed by atoms with Crippen molar-refractivity contribution in [1.82, 2.24) is 9.97 Å². The number of nitrogens with two attached hydrogens (primary N) is 1. The highest BCUT2D eigenvalue weighted by atomic mass is 16.6. The van der Waals surface area contributed by atoms with Crippen LogP contribution >= 0.6 is 0 Å². The molecule has 1 heterocycles. The van der Waals surface area contributed by atoms with Gasteiger partial charge in [-0.2, -0.15) is 0 Å². The van der Waals surface area contributed by atoms with Crippen LogP contribution in [0.15, 0.2) is 24.5 Å². The van der Waals surface area contributed by atoms with Crippen molar-refractivity contribution in [2.24, 2.45) is 5.73 Å². The highest BCUT2D eigenvalue weighted by Gasteiger charge is 2.13. The Morgan fingerprint density at radius 3 is 2.90 bits per heavy atom. The van der Waals surface area contributed by atoms with Crippen molar-refractivity contribution in [2.45, 2.75) is 32.2 Å². The van der Waals surface area contributed by atoms with Crippen LogP contribution in [-0.2, 0) is 0 Å². The number of hydrogen-bond acceptors (Lipinski definition) is 6. The molecule has 0 saturated heterocycles. The molecule has 7 nitrogen and oxygen atoms in total. The summed E-state index contributed by atoms with van der Waals surface area (Å²) in [5.74, 6) is 0.593. The van der Waals surface area contributed by atoms with Crippen LogP contribution in [-0.4, -0.2) is 27.5 Å². The Morgan fingerprint density at radius 2 is 2.24 bits per heavy atom. The minimum atomic E-state index is -0.423. The third kappa shape index (κ3) is 3.63.